The quantitative estimate of drug-likeness (QED) is 0.668. The Balaban J connectivity index is 2.77. The Hall–Kier alpha value is -1.58. The van der Waals surface area contributed by atoms with Gasteiger partial charge in [0.1, 0.15) is 7.11 Å². The molecule has 0 spiro atoms. The number of carboxylic acids is 1. The summed E-state index contributed by atoms with van der Waals surface area (Å²) < 4.78 is 0. The average molecular weight is 181 g/mol. The normalized spacial score (nSPS) is 18.5. The standard InChI is InChI=1S/C9H11NO3/c1-13-10-8-5-3-2-4-7(8)6-9(11)12/h2-4H,5-6H2,1H3,(H,11,12)/b10-8-. The number of carbonyl (C=O) groups is 1. The second kappa shape index (κ2) is 4.45. The Bertz CT molecular complexity index is 289. The highest BCUT2D eigenvalue weighted by Crippen LogP contribution is 2.13. The monoisotopic (exact) mass is 181 g/mol. The van der Waals surface area contributed by atoms with Gasteiger partial charge in [-0.3, -0.25) is 4.79 Å². The summed E-state index contributed by atoms with van der Waals surface area (Å²) in [5.41, 5.74) is 1.39. The van der Waals surface area contributed by atoms with Gasteiger partial charge in [0.05, 0.1) is 12.1 Å². The van der Waals surface area contributed by atoms with E-state index in [4.69, 9.17) is 5.11 Å². The van der Waals surface area contributed by atoms with Gasteiger partial charge in [0, 0.05) is 6.42 Å². The number of oxime groups is 1. The lowest BCUT2D eigenvalue weighted by atomic mass is 10.00. The molecule has 4 nitrogen and oxygen atoms in total. The van der Waals surface area contributed by atoms with E-state index in [0.29, 0.717) is 17.7 Å². The van der Waals surface area contributed by atoms with E-state index in [-0.39, 0.29) is 6.42 Å². The van der Waals surface area contributed by atoms with Gasteiger partial charge in [-0.25, -0.2) is 0 Å². The Kier molecular flexibility index (Phi) is 3.25. The largest absolute Gasteiger partial charge is 0.481 e. The number of rotatable bonds is 3. The van der Waals surface area contributed by atoms with Crippen molar-refractivity contribution in [3.05, 3.63) is 23.8 Å². The molecular weight excluding hydrogens is 170 g/mol. The van der Waals surface area contributed by atoms with Crippen LogP contribution < -0.4 is 0 Å². The van der Waals surface area contributed by atoms with E-state index in [0.717, 1.165) is 0 Å². The van der Waals surface area contributed by atoms with E-state index in [1.807, 2.05) is 12.2 Å². The fourth-order valence-electron chi connectivity index (χ4n) is 1.12. The fourth-order valence-corrected chi connectivity index (χ4v) is 1.12. The first-order chi connectivity index (χ1) is 6.24. The summed E-state index contributed by atoms with van der Waals surface area (Å²) in [7, 11) is 1.45. The van der Waals surface area contributed by atoms with Crippen LogP contribution in [0.2, 0.25) is 0 Å². The highest BCUT2D eigenvalue weighted by Gasteiger charge is 2.12. The summed E-state index contributed by atoms with van der Waals surface area (Å²) in [5.74, 6) is -0.856. The summed E-state index contributed by atoms with van der Waals surface area (Å²) in [6.07, 6.45) is 6.10. The lowest BCUT2D eigenvalue weighted by Crippen LogP contribution is -2.09. The molecule has 0 aromatic rings. The van der Waals surface area contributed by atoms with E-state index in [9.17, 15) is 4.79 Å². The fraction of sp³-hybridized carbons (Fsp3) is 0.333. The topological polar surface area (TPSA) is 58.9 Å². The molecule has 13 heavy (non-hydrogen) atoms. The van der Waals surface area contributed by atoms with Crippen molar-refractivity contribution >= 4 is 11.7 Å². The zero-order valence-corrected chi connectivity index (χ0v) is 7.36. The van der Waals surface area contributed by atoms with Crippen LogP contribution in [0.5, 0.6) is 0 Å². The predicted molar refractivity (Wildman–Crippen MR) is 48.5 cm³/mol. The molecule has 0 bridgehead atoms. The van der Waals surface area contributed by atoms with Gasteiger partial charge in [-0.05, 0) is 5.57 Å². The third-order valence-corrected chi connectivity index (χ3v) is 1.66. The van der Waals surface area contributed by atoms with Gasteiger partial charge < -0.3 is 9.94 Å². The van der Waals surface area contributed by atoms with Gasteiger partial charge in [0.15, 0.2) is 0 Å². The van der Waals surface area contributed by atoms with Crippen molar-refractivity contribution in [2.45, 2.75) is 12.8 Å². The highest BCUT2D eigenvalue weighted by molar-refractivity contribution is 6.04. The molecule has 0 heterocycles. The molecule has 4 heteroatoms. The van der Waals surface area contributed by atoms with Crippen molar-refractivity contribution in [2.75, 3.05) is 7.11 Å². The molecule has 0 fully saturated rings. The van der Waals surface area contributed by atoms with Gasteiger partial charge in [0.25, 0.3) is 0 Å². The second-order valence-corrected chi connectivity index (χ2v) is 2.62. The minimum Gasteiger partial charge on any atom is -0.481 e. The Labute approximate surface area is 76.2 Å². The molecule has 0 atom stereocenters. The minimum atomic E-state index is -0.856. The molecule has 0 aliphatic heterocycles. The second-order valence-electron chi connectivity index (χ2n) is 2.62. The van der Waals surface area contributed by atoms with Crippen LogP contribution >= 0.6 is 0 Å². The van der Waals surface area contributed by atoms with Crippen molar-refractivity contribution in [2.24, 2.45) is 5.16 Å². The van der Waals surface area contributed by atoms with Gasteiger partial charge in [0.2, 0.25) is 0 Å². The lowest BCUT2D eigenvalue weighted by molar-refractivity contribution is -0.136. The first-order valence-electron chi connectivity index (χ1n) is 3.92. The summed E-state index contributed by atoms with van der Waals surface area (Å²) >= 11 is 0. The van der Waals surface area contributed by atoms with E-state index in [1.165, 1.54) is 7.11 Å². The summed E-state index contributed by atoms with van der Waals surface area (Å²) in [4.78, 5) is 15.1. The van der Waals surface area contributed by atoms with Crippen molar-refractivity contribution in [3.8, 4) is 0 Å². The van der Waals surface area contributed by atoms with Crippen molar-refractivity contribution < 1.29 is 14.7 Å². The lowest BCUT2D eigenvalue weighted by Gasteiger charge is -2.08. The molecule has 0 unspecified atom stereocenters. The Morgan fingerprint density at radius 1 is 1.77 bits per heavy atom. The van der Waals surface area contributed by atoms with Crippen LogP contribution in [-0.4, -0.2) is 23.9 Å². The molecule has 1 aliphatic rings. The highest BCUT2D eigenvalue weighted by atomic mass is 16.6. The number of allylic oxidation sites excluding steroid dienone is 3. The first-order valence-corrected chi connectivity index (χ1v) is 3.92. The maximum Gasteiger partial charge on any atom is 0.307 e. The molecule has 0 aromatic carbocycles. The molecule has 1 aliphatic carbocycles. The van der Waals surface area contributed by atoms with E-state index in [1.54, 1.807) is 6.08 Å². The molecule has 1 N–H and O–H groups in total. The van der Waals surface area contributed by atoms with Crippen LogP contribution in [0, 0.1) is 0 Å². The zero-order valence-electron chi connectivity index (χ0n) is 7.36. The number of hydrogen-bond donors (Lipinski definition) is 1. The van der Waals surface area contributed by atoms with Crippen LogP contribution in [0.4, 0.5) is 0 Å². The maximum absolute atomic E-state index is 10.5. The van der Waals surface area contributed by atoms with E-state index < -0.39 is 5.97 Å². The summed E-state index contributed by atoms with van der Waals surface area (Å²) in [6.45, 7) is 0. The third kappa shape index (κ3) is 2.74. The van der Waals surface area contributed by atoms with E-state index >= 15 is 0 Å². The molecule has 0 aromatic heterocycles. The third-order valence-electron chi connectivity index (χ3n) is 1.66. The number of hydrogen-bond acceptors (Lipinski definition) is 3. The molecular formula is C9H11NO3. The molecule has 0 radical (unpaired) electrons. The maximum atomic E-state index is 10.5. The number of aliphatic carboxylic acids is 1. The van der Waals surface area contributed by atoms with Crippen LogP contribution in [-0.2, 0) is 9.63 Å². The Morgan fingerprint density at radius 2 is 2.54 bits per heavy atom. The number of nitrogens with zero attached hydrogens (tertiary/aromatic N) is 1. The minimum absolute atomic E-state index is 0.00741. The van der Waals surface area contributed by atoms with E-state index in [2.05, 4.69) is 9.99 Å². The molecule has 1 rings (SSSR count). The number of carboxylic acid groups (broad SMARTS) is 1. The van der Waals surface area contributed by atoms with Crippen LogP contribution in [0.3, 0.4) is 0 Å². The van der Waals surface area contributed by atoms with Gasteiger partial charge in [-0.2, -0.15) is 0 Å². The van der Waals surface area contributed by atoms with Crippen LogP contribution in [0.25, 0.3) is 0 Å². The van der Waals surface area contributed by atoms with Gasteiger partial charge >= 0.3 is 5.97 Å². The SMILES string of the molecule is CO/N=C1/CC=CC=C1CC(=O)O. The Morgan fingerprint density at radius 3 is 3.15 bits per heavy atom. The van der Waals surface area contributed by atoms with Crippen LogP contribution in [0.1, 0.15) is 12.8 Å². The van der Waals surface area contributed by atoms with Crippen molar-refractivity contribution in [1.29, 1.82) is 0 Å². The molecule has 0 amide bonds. The first kappa shape index (κ1) is 9.51. The molecule has 70 valence electrons. The predicted octanol–water partition coefficient (Wildman–Crippen LogP) is 1.35. The van der Waals surface area contributed by atoms with Gasteiger partial charge in [-0.15, -0.1) is 0 Å². The van der Waals surface area contributed by atoms with Crippen molar-refractivity contribution in [1.82, 2.24) is 0 Å². The van der Waals surface area contributed by atoms with Gasteiger partial charge in [-0.1, -0.05) is 23.4 Å². The molecule has 0 saturated heterocycles. The average Bonchev–Trinajstić information content (AvgIpc) is 2.08. The zero-order chi connectivity index (χ0) is 9.68. The van der Waals surface area contributed by atoms with Crippen molar-refractivity contribution in [3.63, 3.8) is 0 Å². The summed E-state index contributed by atoms with van der Waals surface area (Å²) in [6, 6.07) is 0. The smallest absolute Gasteiger partial charge is 0.307 e. The molecule has 0 saturated carbocycles. The summed E-state index contributed by atoms with van der Waals surface area (Å²) in [5, 5.41) is 12.3. The van der Waals surface area contributed by atoms with Crippen LogP contribution in [0.15, 0.2) is 29.0 Å².